The maximum atomic E-state index is 12.1. The summed E-state index contributed by atoms with van der Waals surface area (Å²) in [7, 11) is 0. The van der Waals surface area contributed by atoms with Crippen LogP contribution in [0.1, 0.15) is 53.3 Å². The molecule has 19 heavy (non-hydrogen) atoms. The normalized spacial score (nSPS) is 14.1. The van der Waals surface area contributed by atoms with Gasteiger partial charge in [-0.15, -0.1) is 11.8 Å². The van der Waals surface area contributed by atoms with Crippen LogP contribution in [-0.4, -0.2) is 28.3 Å². The highest BCUT2D eigenvalue weighted by Crippen LogP contribution is 2.24. The van der Waals surface area contributed by atoms with Gasteiger partial charge in [0.15, 0.2) is 0 Å². The molecular weight excluding hydrogens is 258 g/mol. The Morgan fingerprint density at radius 1 is 1.00 bits per heavy atom. The van der Waals surface area contributed by atoms with Crippen LogP contribution in [0.15, 0.2) is 24.3 Å². The molecule has 0 radical (unpaired) electrons. The van der Waals surface area contributed by atoms with Crippen LogP contribution in [0.3, 0.4) is 0 Å². The summed E-state index contributed by atoms with van der Waals surface area (Å²) in [6.07, 6.45) is 4.87. The molecule has 0 spiro atoms. The number of thioether (sulfide) groups is 1. The van der Waals surface area contributed by atoms with Gasteiger partial charge in [0.2, 0.25) is 0 Å². The van der Waals surface area contributed by atoms with Crippen LogP contribution in [0, 0.1) is 0 Å². The van der Waals surface area contributed by atoms with Crippen molar-refractivity contribution in [2.24, 2.45) is 0 Å². The third kappa shape index (κ3) is 3.18. The van der Waals surface area contributed by atoms with E-state index in [2.05, 4.69) is 6.92 Å². The third-order valence-electron chi connectivity index (χ3n) is 3.24. The van der Waals surface area contributed by atoms with Gasteiger partial charge in [0, 0.05) is 0 Å². The molecule has 0 aliphatic carbocycles. The van der Waals surface area contributed by atoms with Crippen LogP contribution in [0.25, 0.3) is 0 Å². The number of imide groups is 1. The molecule has 0 saturated carbocycles. The van der Waals surface area contributed by atoms with E-state index < -0.39 is 0 Å². The lowest BCUT2D eigenvalue weighted by Crippen LogP contribution is -2.29. The zero-order valence-corrected chi connectivity index (χ0v) is 12.0. The zero-order chi connectivity index (χ0) is 13.7. The van der Waals surface area contributed by atoms with Crippen molar-refractivity contribution in [3.63, 3.8) is 0 Å². The fraction of sp³-hybridized carbons (Fsp3) is 0.467. The summed E-state index contributed by atoms with van der Waals surface area (Å²) in [6, 6.07) is 7.04. The van der Waals surface area contributed by atoms with Gasteiger partial charge < -0.3 is 0 Å². The molecule has 2 amide bonds. The molecule has 4 heteroatoms. The van der Waals surface area contributed by atoms with E-state index in [1.165, 1.54) is 24.2 Å². The summed E-state index contributed by atoms with van der Waals surface area (Å²) < 4.78 is 0. The molecule has 0 aromatic heterocycles. The van der Waals surface area contributed by atoms with Crippen molar-refractivity contribution in [1.29, 1.82) is 0 Å². The Bertz CT molecular complexity index is 438. The number of fused-ring (bicyclic) bond motifs is 1. The summed E-state index contributed by atoms with van der Waals surface area (Å²) in [5, 5.41) is 0. The van der Waals surface area contributed by atoms with Crippen molar-refractivity contribution in [1.82, 2.24) is 4.90 Å². The van der Waals surface area contributed by atoms with Gasteiger partial charge in [0.05, 0.1) is 17.0 Å². The highest BCUT2D eigenvalue weighted by Gasteiger charge is 2.34. The summed E-state index contributed by atoms with van der Waals surface area (Å²) in [4.78, 5) is 25.5. The van der Waals surface area contributed by atoms with E-state index in [1.807, 2.05) is 0 Å². The predicted octanol–water partition coefficient (Wildman–Crippen LogP) is 3.55. The second-order valence-electron chi connectivity index (χ2n) is 4.68. The molecule has 0 fully saturated rings. The van der Waals surface area contributed by atoms with E-state index in [9.17, 15) is 9.59 Å². The smallest absolute Gasteiger partial charge is 0.262 e. The van der Waals surface area contributed by atoms with Crippen LogP contribution >= 0.6 is 11.8 Å². The maximum Gasteiger partial charge on any atom is 0.262 e. The largest absolute Gasteiger partial charge is 0.269 e. The Morgan fingerprint density at radius 3 is 2.21 bits per heavy atom. The Morgan fingerprint density at radius 2 is 1.63 bits per heavy atom. The van der Waals surface area contributed by atoms with Gasteiger partial charge in [0.25, 0.3) is 11.8 Å². The molecule has 102 valence electrons. The molecule has 0 bridgehead atoms. The fourth-order valence-corrected chi connectivity index (χ4v) is 3.10. The van der Waals surface area contributed by atoms with Crippen LogP contribution < -0.4 is 0 Å². The molecule has 1 aromatic carbocycles. The van der Waals surface area contributed by atoms with E-state index >= 15 is 0 Å². The first-order chi connectivity index (χ1) is 9.25. The van der Waals surface area contributed by atoms with Crippen molar-refractivity contribution < 1.29 is 9.59 Å². The summed E-state index contributed by atoms with van der Waals surface area (Å²) in [6.45, 7) is 2.19. The van der Waals surface area contributed by atoms with E-state index in [1.54, 1.807) is 36.0 Å². The van der Waals surface area contributed by atoms with Crippen LogP contribution in [0.2, 0.25) is 0 Å². The lowest BCUT2D eigenvalue weighted by atomic mass is 10.1. The Labute approximate surface area is 118 Å². The molecule has 0 atom stereocenters. The summed E-state index contributed by atoms with van der Waals surface area (Å²) in [5.41, 5.74) is 1.08. The monoisotopic (exact) mass is 277 g/mol. The predicted molar refractivity (Wildman–Crippen MR) is 78.4 cm³/mol. The SMILES string of the molecule is CCCCCCSCN1C(=O)c2ccccc2C1=O. The minimum atomic E-state index is -0.151. The summed E-state index contributed by atoms with van der Waals surface area (Å²) >= 11 is 1.66. The van der Waals surface area contributed by atoms with E-state index in [0.717, 1.165) is 12.2 Å². The molecule has 1 aliphatic rings. The second kappa shape index (κ2) is 6.75. The lowest BCUT2D eigenvalue weighted by Gasteiger charge is -2.12. The standard InChI is InChI=1S/C15H19NO2S/c1-2-3-4-7-10-19-11-16-14(17)12-8-5-6-9-13(12)15(16)18/h5-6,8-9H,2-4,7,10-11H2,1H3. The first-order valence-corrected chi connectivity index (χ1v) is 7.94. The first kappa shape index (κ1) is 14.1. The van der Waals surface area contributed by atoms with E-state index in [0.29, 0.717) is 17.0 Å². The Kier molecular flexibility index (Phi) is 5.02. The van der Waals surface area contributed by atoms with Crippen molar-refractivity contribution in [2.75, 3.05) is 11.6 Å². The van der Waals surface area contributed by atoms with Gasteiger partial charge >= 0.3 is 0 Å². The maximum absolute atomic E-state index is 12.1. The van der Waals surface area contributed by atoms with Crippen LogP contribution in [-0.2, 0) is 0 Å². The number of unbranched alkanes of at least 4 members (excludes halogenated alkanes) is 3. The van der Waals surface area contributed by atoms with Crippen molar-refractivity contribution in [3.8, 4) is 0 Å². The van der Waals surface area contributed by atoms with Gasteiger partial charge in [-0.2, -0.15) is 0 Å². The first-order valence-electron chi connectivity index (χ1n) is 6.78. The molecule has 1 aliphatic heterocycles. The number of amides is 2. The molecule has 0 unspecified atom stereocenters. The van der Waals surface area contributed by atoms with Crippen LogP contribution in [0.5, 0.6) is 0 Å². The average molecular weight is 277 g/mol. The van der Waals surface area contributed by atoms with Crippen molar-refractivity contribution >= 4 is 23.6 Å². The number of benzene rings is 1. The van der Waals surface area contributed by atoms with Gasteiger partial charge in [0.1, 0.15) is 0 Å². The number of nitrogens with zero attached hydrogens (tertiary/aromatic N) is 1. The topological polar surface area (TPSA) is 37.4 Å². The number of carbonyl (C=O) groups is 2. The zero-order valence-electron chi connectivity index (χ0n) is 11.2. The molecule has 3 nitrogen and oxygen atoms in total. The fourth-order valence-electron chi connectivity index (χ4n) is 2.14. The van der Waals surface area contributed by atoms with Gasteiger partial charge in [-0.25, -0.2) is 0 Å². The quantitative estimate of drug-likeness (QED) is 0.565. The molecule has 2 rings (SSSR count). The molecule has 0 saturated heterocycles. The third-order valence-corrected chi connectivity index (χ3v) is 4.26. The number of hydrogen-bond acceptors (Lipinski definition) is 3. The molecule has 1 aromatic rings. The molecular formula is C15H19NO2S. The van der Waals surface area contributed by atoms with E-state index in [-0.39, 0.29) is 11.8 Å². The number of hydrogen-bond donors (Lipinski definition) is 0. The van der Waals surface area contributed by atoms with Crippen molar-refractivity contribution in [3.05, 3.63) is 35.4 Å². The highest BCUT2D eigenvalue weighted by atomic mass is 32.2. The highest BCUT2D eigenvalue weighted by molar-refractivity contribution is 7.99. The summed E-state index contributed by atoms with van der Waals surface area (Å²) in [5.74, 6) is 1.18. The van der Waals surface area contributed by atoms with Gasteiger partial charge in [-0.1, -0.05) is 38.3 Å². The van der Waals surface area contributed by atoms with E-state index in [4.69, 9.17) is 0 Å². The minimum Gasteiger partial charge on any atom is -0.269 e. The second-order valence-corrected chi connectivity index (χ2v) is 5.76. The van der Waals surface area contributed by atoms with Gasteiger partial charge in [-0.05, 0) is 24.3 Å². The average Bonchev–Trinajstić information content (AvgIpc) is 2.68. The Hall–Kier alpha value is -1.29. The minimum absolute atomic E-state index is 0.151. The lowest BCUT2D eigenvalue weighted by molar-refractivity contribution is 0.0684. The van der Waals surface area contributed by atoms with Crippen molar-refractivity contribution in [2.45, 2.75) is 32.6 Å². The molecule has 0 N–H and O–H groups in total. The van der Waals surface area contributed by atoms with Gasteiger partial charge in [-0.3, -0.25) is 14.5 Å². The number of carbonyl (C=O) groups excluding carboxylic acids is 2. The molecule has 1 heterocycles. The Balaban J connectivity index is 1.83. The number of rotatable bonds is 7. The van der Waals surface area contributed by atoms with Crippen LogP contribution in [0.4, 0.5) is 0 Å².